The van der Waals surface area contributed by atoms with Crippen LogP contribution < -0.4 is 4.52 Å². The Morgan fingerprint density at radius 1 is 0.909 bits per heavy atom. The summed E-state index contributed by atoms with van der Waals surface area (Å²) in [5.74, 6) is -0.537. The maximum absolute atomic E-state index is 12.8. The first kappa shape index (κ1) is 20.9. The van der Waals surface area contributed by atoms with Crippen molar-refractivity contribution >= 4 is 77.4 Å². The van der Waals surface area contributed by atoms with Crippen molar-refractivity contribution in [1.82, 2.24) is 0 Å². The molecule has 0 saturated heterocycles. The molecule has 0 aliphatic heterocycles. The third-order valence-corrected chi connectivity index (χ3v) is 3.78. The van der Waals surface area contributed by atoms with Gasteiger partial charge in [-0.25, -0.2) is 8.96 Å². The van der Waals surface area contributed by atoms with Crippen molar-refractivity contribution in [3.63, 3.8) is 0 Å². The summed E-state index contributed by atoms with van der Waals surface area (Å²) in [5.41, 5.74) is 0. The maximum atomic E-state index is 12.8. The lowest BCUT2D eigenvalue weighted by molar-refractivity contribution is 0.159. The molecule has 22 heavy (non-hydrogen) atoms. The van der Waals surface area contributed by atoms with Crippen LogP contribution in [0.4, 0.5) is 4.39 Å². The highest BCUT2D eigenvalue weighted by molar-refractivity contribution is 7.49. The molecule has 12 heteroatoms. The van der Waals surface area contributed by atoms with E-state index in [0.29, 0.717) is 0 Å². The number of alkyl halides is 6. The predicted molar refractivity (Wildman–Crippen MR) is 87.1 cm³/mol. The van der Waals surface area contributed by atoms with Gasteiger partial charge < -0.3 is 4.52 Å². The molecule has 0 N–H and O–H groups in total. The van der Waals surface area contributed by atoms with Crippen LogP contribution in [0.2, 0.25) is 0 Å². The lowest BCUT2D eigenvalue weighted by Crippen LogP contribution is -2.18. The average molecular weight is 455 g/mol. The molecule has 0 amide bonds. The second kappa shape index (κ2) is 8.28. The minimum atomic E-state index is -4.28. The second-order valence-corrected chi connectivity index (χ2v) is 10.4. The topological polar surface area (TPSA) is 44.8 Å². The van der Waals surface area contributed by atoms with Crippen molar-refractivity contribution in [3.05, 3.63) is 30.1 Å². The van der Waals surface area contributed by atoms with Crippen LogP contribution in [0.1, 0.15) is 0 Å². The molecule has 0 spiro atoms. The number of phosphoric ester groups is 1. The Labute approximate surface area is 156 Å². The molecule has 4 nitrogen and oxygen atoms in total. The van der Waals surface area contributed by atoms with Gasteiger partial charge >= 0.3 is 7.82 Å². The lowest BCUT2D eigenvalue weighted by Gasteiger charge is -2.22. The normalized spacial score (nSPS) is 13.2. The van der Waals surface area contributed by atoms with E-state index in [-0.39, 0.29) is 5.75 Å². The van der Waals surface area contributed by atoms with Gasteiger partial charge in [0, 0.05) is 0 Å². The van der Waals surface area contributed by atoms with Crippen molar-refractivity contribution in [2.45, 2.75) is 7.59 Å². The summed E-state index contributed by atoms with van der Waals surface area (Å²) >= 11 is 33.0. The van der Waals surface area contributed by atoms with Crippen molar-refractivity contribution in [2.75, 3.05) is 13.2 Å². The summed E-state index contributed by atoms with van der Waals surface area (Å²) in [6.07, 6.45) is 0. The van der Waals surface area contributed by atoms with Gasteiger partial charge in [-0.05, 0) is 24.3 Å². The Bertz CT molecular complexity index is 508. The molecule has 1 rings (SSSR count). The van der Waals surface area contributed by atoms with E-state index in [9.17, 15) is 8.96 Å². The van der Waals surface area contributed by atoms with Crippen molar-refractivity contribution in [1.29, 1.82) is 0 Å². The van der Waals surface area contributed by atoms with Gasteiger partial charge in [0.25, 0.3) is 0 Å². The fourth-order valence-electron chi connectivity index (χ4n) is 1.02. The van der Waals surface area contributed by atoms with Gasteiger partial charge in [0.1, 0.15) is 24.8 Å². The van der Waals surface area contributed by atoms with E-state index in [1.54, 1.807) is 0 Å². The molecule has 0 bridgehead atoms. The zero-order valence-corrected chi connectivity index (χ0v) is 15.9. The molecule has 0 unspecified atom stereocenters. The lowest BCUT2D eigenvalue weighted by atomic mass is 10.3. The Morgan fingerprint density at radius 2 is 1.32 bits per heavy atom. The van der Waals surface area contributed by atoms with Crippen LogP contribution in [0.5, 0.6) is 5.75 Å². The summed E-state index contributed by atoms with van der Waals surface area (Å²) < 4.78 is 36.3. The van der Waals surface area contributed by atoms with E-state index in [1.807, 2.05) is 0 Å². The van der Waals surface area contributed by atoms with Crippen LogP contribution >= 0.6 is 77.4 Å². The van der Waals surface area contributed by atoms with E-state index in [2.05, 4.69) is 0 Å². The fraction of sp³-hybridized carbons (Fsp3) is 0.400. The summed E-state index contributed by atoms with van der Waals surface area (Å²) in [4.78, 5) is 0. The molecule has 0 radical (unpaired) electrons. The van der Waals surface area contributed by atoms with Crippen LogP contribution in [-0.4, -0.2) is 20.8 Å². The summed E-state index contributed by atoms with van der Waals surface area (Å²) in [6, 6.07) is 4.53. The Kier molecular flexibility index (Phi) is 7.86. The largest absolute Gasteiger partial charge is 0.530 e. The molecular weight excluding hydrogens is 447 g/mol. The van der Waals surface area contributed by atoms with Gasteiger partial charge in [-0.15, -0.1) is 0 Å². The SMILES string of the molecule is O=P(OCC(Cl)(Cl)Cl)(OCC(Cl)(Cl)Cl)Oc1ccc(F)cc1. The molecule has 0 aliphatic rings. The quantitative estimate of drug-likeness (QED) is 0.385. The molecule has 0 heterocycles. The minimum Gasteiger partial charge on any atom is -0.404 e. The van der Waals surface area contributed by atoms with Gasteiger partial charge in [0.2, 0.25) is 7.59 Å². The summed E-state index contributed by atoms with van der Waals surface area (Å²) in [5, 5.41) is 0. The Hall–Kier alpha value is 0.840. The maximum Gasteiger partial charge on any atom is 0.530 e. The Morgan fingerprint density at radius 3 is 1.68 bits per heavy atom. The molecule has 1 aromatic carbocycles. The van der Waals surface area contributed by atoms with E-state index in [4.69, 9.17) is 83.2 Å². The number of benzene rings is 1. The van der Waals surface area contributed by atoms with Crippen LogP contribution in [0, 0.1) is 5.82 Å². The van der Waals surface area contributed by atoms with Crippen molar-refractivity contribution < 1.29 is 22.5 Å². The highest BCUT2D eigenvalue weighted by Crippen LogP contribution is 2.52. The van der Waals surface area contributed by atoms with E-state index < -0.39 is 34.4 Å². The third-order valence-electron chi connectivity index (χ3n) is 1.80. The van der Waals surface area contributed by atoms with Crippen molar-refractivity contribution in [2.24, 2.45) is 0 Å². The number of halogens is 7. The zero-order valence-electron chi connectivity index (χ0n) is 10.4. The van der Waals surface area contributed by atoms with Crippen LogP contribution in [0.25, 0.3) is 0 Å². The Balaban J connectivity index is 2.84. The van der Waals surface area contributed by atoms with E-state index >= 15 is 0 Å². The fourth-order valence-corrected chi connectivity index (χ4v) is 3.07. The van der Waals surface area contributed by atoms with Gasteiger partial charge in [-0.3, -0.25) is 9.05 Å². The highest BCUT2D eigenvalue weighted by atomic mass is 35.6. The van der Waals surface area contributed by atoms with E-state index in [0.717, 1.165) is 12.1 Å². The molecular formula is C10H8Cl6FO4P. The van der Waals surface area contributed by atoms with Gasteiger partial charge in [0.15, 0.2) is 0 Å². The standard InChI is InChI=1S/C10H8Cl6FO4P/c11-9(12,13)5-19-22(18,20-6-10(14,15)16)21-8-3-1-7(17)2-4-8/h1-4H,5-6H2. The molecule has 0 fully saturated rings. The molecule has 126 valence electrons. The number of rotatable bonds is 6. The van der Waals surface area contributed by atoms with Crippen molar-refractivity contribution in [3.8, 4) is 5.75 Å². The smallest absolute Gasteiger partial charge is 0.404 e. The molecule has 0 aromatic heterocycles. The first-order valence-corrected chi connectivity index (χ1v) is 9.09. The van der Waals surface area contributed by atoms with Gasteiger partial charge in [0.05, 0.1) is 0 Å². The summed E-state index contributed by atoms with van der Waals surface area (Å²) in [7, 11) is -4.28. The molecule has 1 aromatic rings. The molecule has 0 saturated carbocycles. The van der Waals surface area contributed by atoms with Gasteiger partial charge in [-0.2, -0.15) is 0 Å². The number of phosphoric acid groups is 1. The monoisotopic (exact) mass is 452 g/mol. The first-order chi connectivity index (χ1) is 9.89. The third kappa shape index (κ3) is 9.21. The zero-order chi connectivity index (χ0) is 17.0. The predicted octanol–water partition coefficient (Wildman–Crippen LogP) is 6.09. The number of hydrogen-bond acceptors (Lipinski definition) is 4. The number of hydrogen-bond donors (Lipinski definition) is 0. The average Bonchev–Trinajstić information content (AvgIpc) is 2.36. The van der Waals surface area contributed by atoms with E-state index in [1.165, 1.54) is 12.1 Å². The minimum absolute atomic E-state index is 0.0154. The second-order valence-electron chi connectivity index (χ2n) is 3.77. The first-order valence-electron chi connectivity index (χ1n) is 5.36. The molecule has 0 atom stereocenters. The highest BCUT2D eigenvalue weighted by Gasteiger charge is 2.36. The van der Waals surface area contributed by atoms with Gasteiger partial charge in [-0.1, -0.05) is 69.6 Å². The molecule has 0 aliphatic carbocycles. The van der Waals surface area contributed by atoms with Crippen LogP contribution in [0.15, 0.2) is 24.3 Å². The summed E-state index contributed by atoms with van der Waals surface area (Å²) in [6.45, 7) is -1.23. The van der Waals surface area contributed by atoms with Crippen LogP contribution in [0.3, 0.4) is 0 Å². The van der Waals surface area contributed by atoms with Crippen LogP contribution in [-0.2, 0) is 13.6 Å².